The summed E-state index contributed by atoms with van der Waals surface area (Å²) in [4.78, 5) is 23.6. The summed E-state index contributed by atoms with van der Waals surface area (Å²) < 4.78 is 10.3. The van der Waals surface area contributed by atoms with Gasteiger partial charge in [-0.05, 0) is 35.9 Å². The minimum atomic E-state index is -0.225. The molecular weight excluding hydrogens is 296 g/mol. The number of rotatable bonds is 4. The highest BCUT2D eigenvalue weighted by Gasteiger charge is 2.16. The van der Waals surface area contributed by atoms with E-state index < -0.39 is 0 Å². The molecule has 118 valence electrons. The molecule has 1 aliphatic rings. The number of amides is 2. The molecule has 1 heterocycles. The van der Waals surface area contributed by atoms with E-state index in [2.05, 4.69) is 10.6 Å². The number of fused-ring (bicyclic) bond motifs is 1. The third-order valence-corrected chi connectivity index (χ3v) is 3.40. The SMILES string of the molecule is COCc1ccc(C(=O)Nc2ccc3c(c2)NC(=O)CO3)cc1. The highest BCUT2D eigenvalue weighted by molar-refractivity contribution is 6.05. The van der Waals surface area contributed by atoms with E-state index in [1.165, 1.54) is 0 Å². The number of hydrogen-bond acceptors (Lipinski definition) is 4. The zero-order valence-corrected chi connectivity index (χ0v) is 12.6. The van der Waals surface area contributed by atoms with Crippen molar-refractivity contribution >= 4 is 23.2 Å². The summed E-state index contributed by atoms with van der Waals surface area (Å²) in [6.07, 6.45) is 0. The highest BCUT2D eigenvalue weighted by atomic mass is 16.5. The molecule has 0 saturated heterocycles. The van der Waals surface area contributed by atoms with E-state index in [0.29, 0.717) is 29.3 Å². The Labute approximate surface area is 133 Å². The van der Waals surface area contributed by atoms with Gasteiger partial charge in [0.25, 0.3) is 11.8 Å². The topological polar surface area (TPSA) is 76.7 Å². The van der Waals surface area contributed by atoms with Gasteiger partial charge >= 0.3 is 0 Å². The molecule has 2 N–H and O–H groups in total. The lowest BCUT2D eigenvalue weighted by atomic mass is 10.1. The predicted molar refractivity (Wildman–Crippen MR) is 85.7 cm³/mol. The fourth-order valence-electron chi connectivity index (χ4n) is 2.28. The molecule has 3 rings (SSSR count). The highest BCUT2D eigenvalue weighted by Crippen LogP contribution is 2.30. The summed E-state index contributed by atoms with van der Waals surface area (Å²) in [5.41, 5.74) is 2.68. The maximum absolute atomic E-state index is 12.3. The summed E-state index contributed by atoms with van der Waals surface area (Å²) in [7, 11) is 1.62. The number of nitrogens with one attached hydrogen (secondary N) is 2. The van der Waals surface area contributed by atoms with Gasteiger partial charge in [0.15, 0.2) is 6.61 Å². The average molecular weight is 312 g/mol. The second-order valence-electron chi connectivity index (χ2n) is 5.13. The van der Waals surface area contributed by atoms with Crippen LogP contribution in [0.3, 0.4) is 0 Å². The molecule has 0 unspecified atom stereocenters. The molecule has 2 amide bonds. The second-order valence-corrected chi connectivity index (χ2v) is 5.13. The van der Waals surface area contributed by atoms with Gasteiger partial charge in [-0.1, -0.05) is 12.1 Å². The van der Waals surface area contributed by atoms with Crippen LogP contribution in [-0.4, -0.2) is 25.5 Å². The van der Waals surface area contributed by atoms with Gasteiger partial charge in [0.05, 0.1) is 12.3 Å². The molecule has 2 aromatic rings. The van der Waals surface area contributed by atoms with E-state index in [1.807, 2.05) is 12.1 Å². The number of carbonyl (C=O) groups is 2. The van der Waals surface area contributed by atoms with Crippen LogP contribution in [0.25, 0.3) is 0 Å². The third-order valence-electron chi connectivity index (χ3n) is 3.40. The van der Waals surface area contributed by atoms with Crippen LogP contribution >= 0.6 is 0 Å². The number of ether oxygens (including phenoxy) is 2. The Morgan fingerprint density at radius 3 is 2.78 bits per heavy atom. The fraction of sp³-hybridized carbons (Fsp3) is 0.176. The van der Waals surface area contributed by atoms with Gasteiger partial charge < -0.3 is 20.1 Å². The molecule has 0 spiro atoms. The van der Waals surface area contributed by atoms with Crippen molar-refractivity contribution in [2.45, 2.75) is 6.61 Å². The van der Waals surface area contributed by atoms with E-state index in [4.69, 9.17) is 9.47 Å². The van der Waals surface area contributed by atoms with E-state index >= 15 is 0 Å². The van der Waals surface area contributed by atoms with Crippen molar-refractivity contribution < 1.29 is 19.1 Å². The Morgan fingerprint density at radius 1 is 1.26 bits per heavy atom. The zero-order chi connectivity index (χ0) is 16.2. The van der Waals surface area contributed by atoms with Gasteiger partial charge in [-0.2, -0.15) is 0 Å². The number of anilines is 2. The van der Waals surface area contributed by atoms with Gasteiger partial charge in [-0.3, -0.25) is 9.59 Å². The fourth-order valence-corrected chi connectivity index (χ4v) is 2.28. The molecule has 6 nitrogen and oxygen atoms in total. The largest absolute Gasteiger partial charge is 0.482 e. The molecular formula is C17H16N2O4. The molecule has 0 aliphatic carbocycles. The predicted octanol–water partition coefficient (Wildman–Crippen LogP) is 2.42. The lowest BCUT2D eigenvalue weighted by Gasteiger charge is -2.18. The van der Waals surface area contributed by atoms with Gasteiger partial charge in [-0.25, -0.2) is 0 Å². The summed E-state index contributed by atoms with van der Waals surface area (Å²) >= 11 is 0. The lowest BCUT2D eigenvalue weighted by Crippen LogP contribution is -2.25. The van der Waals surface area contributed by atoms with Crippen molar-refractivity contribution in [1.29, 1.82) is 0 Å². The minimum absolute atomic E-state index is 0.00648. The maximum Gasteiger partial charge on any atom is 0.262 e. The molecule has 0 radical (unpaired) electrons. The Hall–Kier alpha value is -2.86. The minimum Gasteiger partial charge on any atom is -0.482 e. The standard InChI is InChI=1S/C17H16N2O4/c1-22-9-11-2-4-12(5-3-11)17(21)18-13-6-7-15-14(8-13)19-16(20)10-23-15/h2-8H,9-10H2,1H3,(H,18,21)(H,19,20). The first-order valence-electron chi connectivity index (χ1n) is 7.11. The first-order valence-corrected chi connectivity index (χ1v) is 7.11. The summed E-state index contributed by atoms with van der Waals surface area (Å²) in [5.74, 6) is 0.151. The monoisotopic (exact) mass is 312 g/mol. The van der Waals surface area contributed by atoms with Crippen molar-refractivity contribution in [2.75, 3.05) is 24.4 Å². The maximum atomic E-state index is 12.3. The molecule has 0 aromatic heterocycles. The van der Waals surface area contributed by atoms with E-state index in [1.54, 1.807) is 37.4 Å². The molecule has 23 heavy (non-hydrogen) atoms. The van der Waals surface area contributed by atoms with Gasteiger partial charge in [0, 0.05) is 18.4 Å². The first kappa shape index (κ1) is 15.1. The van der Waals surface area contributed by atoms with E-state index in [9.17, 15) is 9.59 Å². The van der Waals surface area contributed by atoms with E-state index in [0.717, 1.165) is 5.56 Å². The molecule has 0 atom stereocenters. The number of hydrogen-bond donors (Lipinski definition) is 2. The van der Waals surface area contributed by atoms with Crippen LogP contribution in [0.15, 0.2) is 42.5 Å². The number of carbonyl (C=O) groups excluding carboxylic acids is 2. The summed E-state index contributed by atoms with van der Waals surface area (Å²) in [5, 5.41) is 5.50. The third kappa shape index (κ3) is 3.49. The Morgan fingerprint density at radius 2 is 2.04 bits per heavy atom. The van der Waals surface area contributed by atoms with E-state index in [-0.39, 0.29) is 18.4 Å². The molecule has 2 aromatic carbocycles. The molecule has 0 bridgehead atoms. The van der Waals surface area contributed by atoms with Crippen LogP contribution in [0.2, 0.25) is 0 Å². The molecule has 6 heteroatoms. The normalized spacial score (nSPS) is 12.8. The number of methoxy groups -OCH3 is 1. The average Bonchev–Trinajstić information content (AvgIpc) is 2.55. The summed E-state index contributed by atoms with van der Waals surface area (Å²) in [6.45, 7) is 0.513. The quantitative estimate of drug-likeness (QED) is 0.909. The van der Waals surface area contributed by atoms with Crippen LogP contribution in [0, 0.1) is 0 Å². The molecule has 1 aliphatic heterocycles. The second kappa shape index (κ2) is 6.50. The van der Waals surface area contributed by atoms with Gasteiger partial charge in [0.1, 0.15) is 5.75 Å². The van der Waals surface area contributed by atoms with Crippen LogP contribution in [0.1, 0.15) is 15.9 Å². The van der Waals surface area contributed by atoms with Crippen LogP contribution in [0.5, 0.6) is 5.75 Å². The Kier molecular flexibility index (Phi) is 4.25. The Balaban J connectivity index is 1.72. The molecule has 0 fully saturated rings. The van der Waals surface area contributed by atoms with Crippen LogP contribution < -0.4 is 15.4 Å². The number of benzene rings is 2. The Bertz CT molecular complexity index is 741. The smallest absolute Gasteiger partial charge is 0.262 e. The van der Waals surface area contributed by atoms with Crippen molar-refractivity contribution in [3.63, 3.8) is 0 Å². The van der Waals surface area contributed by atoms with Crippen LogP contribution in [-0.2, 0) is 16.1 Å². The van der Waals surface area contributed by atoms with Gasteiger partial charge in [-0.15, -0.1) is 0 Å². The molecule has 0 saturated carbocycles. The zero-order valence-electron chi connectivity index (χ0n) is 12.6. The van der Waals surface area contributed by atoms with Gasteiger partial charge in [0.2, 0.25) is 0 Å². The van der Waals surface area contributed by atoms with Crippen molar-refractivity contribution in [2.24, 2.45) is 0 Å². The van der Waals surface area contributed by atoms with Crippen molar-refractivity contribution in [3.8, 4) is 5.75 Å². The lowest BCUT2D eigenvalue weighted by molar-refractivity contribution is -0.118. The van der Waals surface area contributed by atoms with Crippen molar-refractivity contribution in [1.82, 2.24) is 0 Å². The van der Waals surface area contributed by atoms with Crippen LogP contribution in [0.4, 0.5) is 11.4 Å². The van der Waals surface area contributed by atoms with Crippen molar-refractivity contribution in [3.05, 3.63) is 53.6 Å². The summed E-state index contributed by atoms with van der Waals surface area (Å²) in [6, 6.07) is 12.3. The first-order chi connectivity index (χ1) is 11.2.